The van der Waals surface area contributed by atoms with Gasteiger partial charge in [-0.05, 0) is 31.9 Å². The number of hydrogen-bond acceptors (Lipinski definition) is 5. The first-order chi connectivity index (χ1) is 13.1. The van der Waals surface area contributed by atoms with Gasteiger partial charge < -0.3 is 18.9 Å². The van der Waals surface area contributed by atoms with E-state index < -0.39 is 17.9 Å². The predicted octanol–water partition coefficient (Wildman–Crippen LogP) is 4.26. The number of unbranched alkanes of at least 4 members (excludes halogenated alkanes) is 3. The first kappa shape index (κ1) is 21.4. The van der Waals surface area contributed by atoms with Gasteiger partial charge in [0.15, 0.2) is 17.7 Å². The molecule has 1 aliphatic heterocycles. The van der Waals surface area contributed by atoms with Crippen LogP contribution in [-0.4, -0.2) is 38.2 Å². The molecule has 1 fully saturated rings. The number of halogens is 1. The number of esters is 1. The monoisotopic (exact) mass is 380 g/mol. The summed E-state index contributed by atoms with van der Waals surface area (Å²) in [7, 11) is 0. The highest BCUT2D eigenvalue weighted by Crippen LogP contribution is 2.19. The van der Waals surface area contributed by atoms with Gasteiger partial charge in [-0.2, -0.15) is 0 Å². The van der Waals surface area contributed by atoms with Gasteiger partial charge in [0, 0.05) is 5.92 Å². The van der Waals surface area contributed by atoms with E-state index in [0.717, 1.165) is 12.8 Å². The Morgan fingerprint density at radius 3 is 2.96 bits per heavy atom. The summed E-state index contributed by atoms with van der Waals surface area (Å²) in [6, 6.07) is 5.95. The Hall–Kier alpha value is -1.92. The summed E-state index contributed by atoms with van der Waals surface area (Å²) >= 11 is 0. The van der Waals surface area contributed by atoms with E-state index in [-0.39, 0.29) is 31.2 Å². The van der Waals surface area contributed by atoms with Gasteiger partial charge in [0.2, 0.25) is 0 Å². The first-order valence-electron chi connectivity index (χ1n) is 9.55. The van der Waals surface area contributed by atoms with Crippen molar-refractivity contribution >= 4 is 5.97 Å². The highest BCUT2D eigenvalue weighted by atomic mass is 19.1. The number of para-hydroxylation sites is 1. The molecule has 6 heteroatoms. The van der Waals surface area contributed by atoms with Crippen molar-refractivity contribution in [3.8, 4) is 5.75 Å². The highest BCUT2D eigenvalue weighted by molar-refractivity contribution is 5.74. The lowest BCUT2D eigenvalue weighted by Crippen LogP contribution is -2.38. The van der Waals surface area contributed by atoms with Gasteiger partial charge in [-0.1, -0.05) is 44.1 Å². The second kappa shape index (κ2) is 11.7. The van der Waals surface area contributed by atoms with Crippen LogP contribution in [0.15, 0.2) is 36.4 Å². The maximum Gasteiger partial charge on any atom is 0.347 e. The lowest BCUT2D eigenvalue weighted by molar-refractivity contribution is -0.185. The zero-order valence-electron chi connectivity index (χ0n) is 16.1. The number of benzene rings is 1. The minimum Gasteiger partial charge on any atom is -0.476 e. The quantitative estimate of drug-likeness (QED) is 0.345. The molecule has 1 saturated heterocycles. The fraction of sp³-hybridized carbons (Fsp3) is 0.571. The Morgan fingerprint density at radius 2 is 2.19 bits per heavy atom. The van der Waals surface area contributed by atoms with Crippen LogP contribution in [0.2, 0.25) is 0 Å². The number of hydrogen-bond donors (Lipinski definition) is 0. The van der Waals surface area contributed by atoms with E-state index in [1.807, 2.05) is 0 Å². The molecule has 2 rings (SSSR count). The molecule has 1 aromatic rings. The van der Waals surface area contributed by atoms with Crippen LogP contribution in [0.3, 0.4) is 0 Å². The Bertz CT molecular complexity index is 604. The molecule has 0 spiro atoms. The van der Waals surface area contributed by atoms with Gasteiger partial charge >= 0.3 is 5.97 Å². The Morgan fingerprint density at radius 1 is 1.37 bits per heavy atom. The molecule has 150 valence electrons. The van der Waals surface area contributed by atoms with Gasteiger partial charge in [0.25, 0.3) is 0 Å². The van der Waals surface area contributed by atoms with Crippen molar-refractivity contribution in [3.05, 3.63) is 42.2 Å². The second-order valence-corrected chi connectivity index (χ2v) is 6.60. The average Bonchev–Trinajstić information content (AvgIpc) is 2.68. The van der Waals surface area contributed by atoms with Crippen LogP contribution < -0.4 is 4.74 Å². The van der Waals surface area contributed by atoms with Crippen LogP contribution in [0, 0.1) is 11.7 Å². The molecular formula is C21H29FO5. The van der Waals surface area contributed by atoms with E-state index >= 15 is 0 Å². The molecule has 0 bridgehead atoms. The third kappa shape index (κ3) is 7.31. The number of carbonyl (C=O) groups excluding carboxylic acids is 1. The van der Waals surface area contributed by atoms with Crippen LogP contribution in [-0.2, 0) is 19.0 Å². The number of allylic oxidation sites excluding steroid dienone is 1. The largest absolute Gasteiger partial charge is 0.476 e. The van der Waals surface area contributed by atoms with Crippen LogP contribution in [0.25, 0.3) is 0 Å². The van der Waals surface area contributed by atoms with Gasteiger partial charge in [0.1, 0.15) is 19.5 Å². The van der Waals surface area contributed by atoms with Gasteiger partial charge in [-0.3, -0.25) is 0 Å². The van der Waals surface area contributed by atoms with Crippen molar-refractivity contribution in [1.29, 1.82) is 0 Å². The summed E-state index contributed by atoms with van der Waals surface area (Å²) in [5.41, 5.74) is 0. The minimum atomic E-state index is -0.912. The lowest BCUT2D eigenvalue weighted by Gasteiger charge is -2.29. The van der Waals surface area contributed by atoms with Crippen molar-refractivity contribution in [3.63, 3.8) is 0 Å². The maximum atomic E-state index is 13.6. The second-order valence-electron chi connectivity index (χ2n) is 6.60. The molecule has 1 heterocycles. The summed E-state index contributed by atoms with van der Waals surface area (Å²) in [5, 5.41) is 0. The normalized spacial score (nSPS) is 21.1. The molecule has 0 aliphatic carbocycles. The smallest absolute Gasteiger partial charge is 0.347 e. The SMILES string of the molecule is CCCCC/C=C\[C@@H]1COCO[C@H]1COC(=O)[C@H](C)Oc1ccccc1F. The van der Waals surface area contributed by atoms with E-state index in [1.54, 1.807) is 12.1 Å². The van der Waals surface area contributed by atoms with E-state index in [2.05, 4.69) is 19.1 Å². The standard InChI is InChI=1S/C21H29FO5/c1-3-4-5-6-7-10-17-13-24-15-26-20(17)14-25-21(23)16(2)27-19-12-9-8-11-18(19)22/h7-12,16-17,20H,3-6,13-15H2,1-2H3/b10-7-/t16-,17+,20-/m0/s1. The molecule has 0 saturated carbocycles. The topological polar surface area (TPSA) is 54.0 Å². The van der Waals surface area contributed by atoms with Gasteiger partial charge in [0.05, 0.1) is 6.61 Å². The third-order valence-electron chi connectivity index (χ3n) is 4.37. The fourth-order valence-electron chi connectivity index (χ4n) is 2.75. The van der Waals surface area contributed by atoms with Crippen LogP contribution >= 0.6 is 0 Å². The molecule has 1 aliphatic rings. The van der Waals surface area contributed by atoms with Gasteiger partial charge in [-0.25, -0.2) is 9.18 Å². The van der Waals surface area contributed by atoms with E-state index in [0.29, 0.717) is 6.61 Å². The zero-order valence-corrected chi connectivity index (χ0v) is 16.1. The summed E-state index contributed by atoms with van der Waals surface area (Å²) in [5.74, 6) is -1.01. The van der Waals surface area contributed by atoms with Crippen LogP contribution in [0.5, 0.6) is 5.75 Å². The number of rotatable bonds is 10. The summed E-state index contributed by atoms with van der Waals surface area (Å²) in [6.45, 7) is 4.53. The molecule has 0 aromatic heterocycles. The molecule has 1 aromatic carbocycles. The Kier molecular flexibility index (Phi) is 9.28. The Balaban J connectivity index is 1.80. The zero-order chi connectivity index (χ0) is 19.5. The predicted molar refractivity (Wildman–Crippen MR) is 99.9 cm³/mol. The first-order valence-corrected chi connectivity index (χ1v) is 9.55. The molecule has 27 heavy (non-hydrogen) atoms. The summed E-state index contributed by atoms with van der Waals surface area (Å²) in [6.07, 6.45) is 7.62. The minimum absolute atomic E-state index is 0.0251. The van der Waals surface area contributed by atoms with E-state index in [9.17, 15) is 9.18 Å². The van der Waals surface area contributed by atoms with Crippen molar-refractivity contribution in [2.75, 3.05) is 20.0 Å². The average molecular weight is 380 g/mol. The molecule has 0 amide bonds. The molecule has 5 nitrogen and oxygen atoms in total. The molecule has 0 unspecified atom stereocenters. The molecule has 0 radical (unpaired) electrons. The third-order valence-corrected chi connectivity index (χ3v) is 4.37. The summed E-state index contributed by atoms with van der Waals surface area (Å²) in [4.78, 5) is 12.2. The number of carbonyl (C=O) groups is 1. The van der Waals surface area contributed by atoms with E-state index in [1.165, 1.54) is 31.9 Å². The van der Waals surface area contributed by atoms with Crippen molar-refractivity contribution in [2.24, 2.45) is 5.92 Å². The van der Waals surface area contributed by atoms with Crippen LogP contribution in [0.4, 0.5) is 4.39 Å². The summed E-state index contributed by atoms with van der Waals surface area (Å²) < 4.78 is 35.2. The van der Waals surface area contributed by atoms with E-state index in [4.69, 9.17) is 18.9 Å². The lowest BCUT2D eigenvalue weighted by atomic mass is 10.0. The maximum absolute atomic E-state index is 13.6. The highest BCUT2D eigenvalue weighted by Gasteiger charge is 2.27. The van der Waals surface area contributed by atoms with Crippen LogP contribution in [0.1, 0.15) is 39.5 Å². The van der Waals surface area contributed by atoms with Gasteiger partial charge in [-0.15, -0.1) is 0 Å². The van der Waals surface area contributed by atoms with Crippen molar-refractivity contribution < 1.29 is 28.1 Å². The molecule has 3 atom stereocenters. The molecule has 0 N–H and O–H groups in total. The van der Waals surface area contributed by atoms with Crippen molar-refractivity contribution in [2.45, 2.75) is 51.7 Å². The van der Waals surface area contributed by atoms with Crippen molar-refractivity contribution in [1.82, 2.24) is 0 Å². The molecular weight excluding hydrogens is 351 g/mol. The number of ether oxygens (including phenoxy) is 4. The Labute approximate surface area is 160 Å². The fourth-order valence-corrected chi connectivity index (χ4v) is 2.75.